The molecule has 1 aliphatic rings. The molecule has 1 aliphatic heterocycles. The summed E-state index contributed by atoms with van der Waals surface area (Å²) in [5.41, 5.74) is 6.97. The molecule has 0 bridgehead atoms. The number of hydrogen-bond acceptors (Lipinski definition) is 4. The van der Waals surface area contributed by atoms with Gasteiger partial charge in [-0.15, -0.1) is 0 Å². The summed E-state index contributed by atoms with van der Waals surface area (Å²) in [5, 5.41) is 3.11. The minimum absolute atomic E-state index is 0.160. The fourth-order valence-corrected chi connectivity index (χ4v) is 4.94. The normalized spacial score (nSPS) is 18.0. The zero-order chi connectivity index (χ0) is 25.5. The van der Waals surface area contributed by atoms with Gasteiger partial charge in [-0.05, 0) is 86.1 Å². The maximum Gasteiger partial charge on any atom is 0.494 e. The van der Waals surface area contributed by atoms with Crippen LogP contribution in [0.4, 0.5) is 0 Å². The number of likely N-dealkylation sites (N-methyl/N-ethyl adjacent to an activating group) is 1. The first-order valence-corrected chi connectivity index (χ1v) is 13.0. The van der Waals surface area contributed by atoms with Crippen molar-refractivity contribution in [3.63, 3.8) is 0 Å². The van der Waals surface area contributed by atoms with Crippen molar-refractivity contribution in [2.24, 2.45) is 0 Å². The molecule has 0 spiro atoms. The molecule has 3 aromatic carbocycles. The summed E-state index contributed by atoms with van der Waals surface area (Å²) < 4.78 is 18.2. The standard InChI is InChI=1S/C31H38BNO3/c1-6-29(24-10-8-7-9-11-24)30(26-14-18-28(19-15-26)34-21-20-33-5)25-12-16-27(17-13-25)32-35-23(2)22-31(3,4)36-32/h7-19,23,33H,6,20-22H2,1-5H3/b30-29+. The van der Waals surface area contributed by atoms with Crippen LogP contribution in [0.3, 0.4) is 0 Å². The van der Waals surface area contributed by atoms with E-state index in [1.165, 1.54) is 27.8 Å². The highest BCUT2D eigenvalue weighted by molar-refractivity contribution is 6.61. The highest BCUT2D eigenvalue weighted by Gasteiger charge is 2.38. The predicted molar refractivity (Wildman–Crippen MR) is 151 cm³/mol. The van der Waals surface area contributed by atoms with Gasteiger partial charge in [-0.1, -0.05) is 73.7 Å². The Labute approximate surface area is 216 Å². The molecule has 1 N–H and O–H groups in total. The molecule has 0 amide bonds. The van der Waals surface area contributed by atoms with Gasteiger partial charge in [0.15, 0.2) is 0 Å². The summed E-state index contributed by atoms with van der Waals surface area (Å²) >= 11 is 0. The van der Waals surface area contributed by atoms with E-state index in [0.717, 1.165) is 30.6 Å². The molecule has 4 rings (SSSR count). The maximum atomic E-state index is 6.25. The second-order valence-corrected chi connectivity index (χ2v) is 10.0. The second kappa shape index (κ2) is 11.9. The molecule has 36 heavy (non-hydrogen) atoms. The van der Waals surface area contributed by atoms with E-state index in [9.17, 15) is 0 Å². The molecule has 0 saturated carbocycles. The topological polar surface area (TPSA) is 39.7 Å². The minimum Gasteiger partial charge on any atom is -0.492 e. The third-order valence-corrected chi connectivity index (χ3v) is 6.57. The van der Waals surface area contributed by atoms with Crippen LogP contribution in [0.15, 0.2) is 78.9 Å². The van der Waals surface area contributed by atoms with Gasteiger partial charge in [-0.25, -0.2) is 0 Å². The van der Waals surface area contributed by atoms with Gasteiger partial charge in [0.25, 0.3) is 0 Å². The van der Waals surface area contributed by atoms with Crippen LogP contribution in [0.1, 0.15) is 57.2 Å². The number of rotatable bonds is 9. The molecular formula is C31H38BNO3. The molecule has 0 aromatic heterocycles. The average Bonchev–Trinajstić information content (AvgIpc) is 2.87. The summed E-state index contributed by atoms with van der Waals surface area (Å²) in [6.07, 6.45) is 1.97. The Hall–Kier alpha value is -2.86. The molecule has 1 saturated heterocycles. The summed E-state index contributed by atoms with van der Waals surface area (Å²) in [6.45, 7) is 10.1. The molecule has 0 aliphatic carbocycles. The third-order valence-electron chi connectivity index (χ3n) is 6.57. The molecule has 0 radical (unpaired) electrons. The smallest absolute Gasteiger partial charge is 0.492 e. The lowest BCUT2D eigenvalue weighted by atomic mass is 9.74. The van der Waals surface area contributed by atoms with Crippen LogP contribution in [0.2, 0.25) is 0 Å². The Balaban J connectivity index is 1.71. The van der Waals surface area contributed by atoms with E-state index < -0.39 is 0 Å². The fourth-order valence-electron chi connectivity index (χ4n) is 4.94. The zero-order valence-corrected chi connectivity index (χ0v) is 22.2. The number of allylic oxidation sites excluding steroid dienone is 1. The van der Waals surface area contributed by atoms with Gasteiger partial charge in [0.1, 0.15) is 12.4 Å². The summed E-state index contributed by atoms with van der Waals surface area (Å²) in [5.74, 6) is 0.879. The van der Waals surface area contributed by atoms with Gasteiger partial charge in [0.05, 0.1) is 5.60 Å². The van der Waals surface area contributed by atoms with E-state index >= 15 is 0 Å². The van der Waals surface area contributed by atoms with Crippen molar-refractivity contribution in [2.45, 2.75) is 52.2 Å². The van der Waals surface area contributed by atoms with Gasteiger partial charge >= 0.3 is 7.12 Å². The van der Waals surface area contributed by atoms with Crippen LogP contribution < -0.4 is 15.5 Å². The van der Waals surface area contributed by atoms with E-state index in [1.54, 1.807) is 0 Å². The third kappa shape index (κ3) is 6.47. The Morgan fingerprint density at radius 2 is 1.58 bits per heavy atom. The van der Waals surface area contributed by atoms with Crippen molar-refractivity contribution in [1.82, 2.24) is 5.32 Å². The molecule has 3 aromatic rings. The highest BCUT2D eigenvalue weighted by Crippen LogP contribution is 2.35. The van der Waals surface area contributed by atoms with E-state index in [2.05, 4.69) is 112 Å². The van der Waals surface area contributed by atoms with Gasteiger partial charge in [0.2, 0.25) is 0 Å². The lowest BCUT2D eigenvalue weighted by molar-refractivity contribution is -0.0229. The summed E-state index contributed by atoms with van der Waals surface area (Å²) in [4.78, 5) is 0. The SMILES string of the molecule is CC/C(=C(\c1ccc(OCCNC)cc1)c1ccc(B2OC(C)CC(C)(C)O2)cc1)c1ccccc1. The van der Waals surface area contributed by atoms with Crippen molar-refractivity contribution in [1.29, 1.82) is 0 Å². The first kappa shape index (κ1) is 26.2. The summed E-state index contributed by atoms with van der Waals surface area (Å²) in [7, 11) is 1.58. The Morgan fingerprint density at radius 1 is 0.944 bits per heavy atom. The molecule has 1 atom stereocenters. The number of hydrogen-bond donors (Lipinski definition) is 1. The van der Waals surface area contributed by atoms with E-state index in [0.29, 0.717) is 6.61 Å². The monoisotopic (exact) mass is 483 g/mol. The number of ether oxygens (including phenoxy) is 1. The lowest BCUT2D eigenvalue weighted by Crippen LogP contribution is -2.51. The minimum atomic E-state index is -0.348. The highest BCUT2D eigenvalue weighted by atomic mass is 16.6. The van der Waals surface area contributed by atoms with Crippen molar-refractivity contribution < 1.29 is 14.0 Å². The molecule has 1 unspecified atom stereocenters. The average molecular weight is 483 g/mol. The van der Waals surface area contributed by atoms with Gasteiger partial charge in [0, 0.05) is 12.6 Å². The predicted octanol–water partition coefficient (Wildman–Crippen LogP) is 5.95. The first-order valence-electron chi connectivity index (χ1n) is 13.0. The Bertz CT molecular complexity index is 1140. The van der Waals surface area contributed by atoms with Gasteiger partial charge in [-0.3, -0.25) is 0 Å². The second-order valence-electron chi connectivity index (χ2n) is 10.0. The van der Waals surface area contributed by atoms with Crippen LogP contribution in [-0.4, -0.2) is 39.0 Å². The fraction of sp³-hybridized carbons (Fsp3) is 0.355. The molecule has 1 heterocycles. The lowest BCUT2D eigenvalue weighted by Gasteiger charge is -2.38. The molecule has 1 fully saturated rings. The van der Waals surface area contributed by atoms with E-state index in [4.69, 9.17) is 14.0 Å². The largest absolute Gasteiger partial charge is 0.494 e. The van der Waals surface area contributed by atoms with E-state index in [-0.39, 0.29) is 18.8 Å². The molecule has 4 nitrogen and oxygen atoms in total. The Morgan fingerprint density at radius 3 is 2.17 bits per heavy atom. The molecule has 5 heteroatoms. The van der Waals surface area contributed by atoms with Crippen LogP contribution in [0, 0.1) is 0 Å². The maximum absolute atomic E-state index is 6.25. The van der Waals surface area contributed by atoms with Crippen molar-refractivity contribution >= 4 is 23.7 Å². The zero-order valence-electron chi connectivity index (χ0n) is 22.2. The van der Waals surface area contributed by atoms with Crippen LogP contribution >= 0.6 is 0 Å². The first-order chi connectivity index (χ1) is 17.4. The van der Waals surface area contributed by atoms with E-state index in [1.807, 2.05) is 7.05 Å². The number of benzene rings is 3. The van der Waals surface area contributed by atoms with Crippen molar-refractivity contribution in [3.8, 4) is 5.75 Å². The van der Waals surface area contributed by atoms with Crippen LogP contribution in [0.25, 0.3) is 11.1 Å². The Kier molecular flexibility index (Phi) is 8.68. The van der Waals surface area contributed by atoms with Crippen LogP contribution in [0.5, 0.6) is 5.75 Å². The quantitative estimate of drug-likeness (QED) is 0.232. The van der Waals surface area contributed by atoms with Gasteiger partial charge in [-0.2, -0.15) is 0 Å². The number of nitrogens with one attached hydrogen (secondary N) is 1. The van der Waals surface area contributed by atoms with Crippen molar-refractivity contribution in [3.05, 3.63) is 95.6 Å². The van der Waals surface area contributed by atoms with Crippen molar-refractivity contribution in [2.75, 3.05) is 20.2 Å². The summed E-state index contributed by atoms with van der Waals surface area (Å²) in [6, 6.07) is 27.8. The molecular weight excluding hydrogens is 445 g/mol. The molecule has 188 valence electrons. The van der Waals surface area contributed by atoms with Gasteiger partial charge < -0.3 is 19.4 Å². The van der Waals surface area contributed by atoms with Crippen LogP contribution in [-0.2, 0) is 9.31 Å².